The third kappa shape index (κ3) is 3.78. The van der Waals surface area contributed by atoms with Gasteiger partial charge in [-0.15, -0.1) is 0 Å². The van der Waals surface area contributed by atoms with Crippen LogP contribution < -0.4 is 0 Å². The van der Waals surface area contributed by atoms with Gasteiger partial charge < -0.3 is 4.57 Å². The number of aromatic nitrogens is 2. The highest BCUT2D eigenvalue weighted by Crippen LogP contribution is 2.31. The van der Waals surface area contributed by atoms with Crippen LogP contribution in [0.2, 0.25) is 0 Å². The fourth-order valence-corrected chi connectivity index (χ4v) is 4.91. The predicted octanol–water partition coefficient (Wildman–Crippen LogP) is 4.48. The predicted molar refractivity (Wildman–Crippen MR) is 126 cm³/mol. The maximum atomic E-state index is 12.1. The normalized spacial score (nSPS) is 13.2. The summed E-state index contributed by atoms with van der Waals surface area (Å²) in [6.45, 7) is 0.660. The minimum atomic E-state index is -3.32. The van der Waals surface area contributed by atoms with E-state index in [0.29, 0.717) is 24.0 Å². The van der Waals surface area contributed by atoms with Crippen LogP contribution in [0.4, 0.5) is 0 Å². The molecule has 0 saturated carbocycles. The smallest absolute Gasteiger partial charge is 0.175 e. The standard InChI is InChI=1S/C26H22N2O3S/c1-32(30,31)22-12-13-25-24(15-22)27-26(14-18-6-8-19(17-29)9-7-18)28(25)16-21-11-10-20-4-2-3-5-23(20)21/h2-9,11-13,15,17H,10,14,16H2,1H3. The van der Waals surface area contributed by atoms with E-state index in [9.17, 15) is 13.2 Å². The van der Waals surface area contributed by atoms with Crippen molar-refractivity contribution in [2.75, 3.05) is 6.26 Å². The maximum absolute atomic E-state index is 12.1. The molecule has 6 heteroatoms. The van der Waals surface area contributed by atoms with Crippen LogP contribution in [0.25, 0.3) is 16.6 Å². The van der Waals surface area contributed by atoms with Crippen molar-refractivity contribution in [3.8, 4) is 0 Å². The van der Waals surface area contributed by atoms with E-state index in [-0.39, 0.29) is 4.90 Å². The zero-order valence-electron chi connectivity index (χ0n) is 17.7. The van der Waals surface area contributed by atoms with Crippen LogP contribution in [0.5, 0.6) is 0 Å². The van der Waals surface area contributed by atoms with Crippen molar-refractivity contribution in [3.05, 3.63) is 101 Å². The van der Waals surface area contributed by atoms with Gasteiger partial charge in [-0.3, -0.25) is 4.79 Å². The molecule has 0 spiro atoms. The molecule has 5 rings (SSSR count). The summed E-state index contributed by atoms with van der Waals surface area (Å²) >= 11 is 0. The fraction of sp³-hybridized carbons (Fsp3) is 0.154. The van der Waals surface area contributed by atoms with Crippen molar-refractivity contribution in [3.63, 3.8) is 0 Å². The number of hydrogen-bond donors (Lipinski definition) is 0. The first-order valence-electron chi connectivity index (χ1n) is 10.4. The molecule has 0 saturated heterocycles. The van der Waals surface area contributed by atoms with Crippen molar-refractivity contribution >= 4 is 32.7 Å². The van der Waals surface area contributed by atoms with Gasteiger partial charge in [-0.05, 0) is 46.9 Å². The lowest BCUT2D eigenvalue weighted by Gasteiger charge is -2.12. The van der Waals surface area contributed by atoms with E-state index in [1.165, 1.54) is 23.0 Å². The van der Waals surface area contributed by atoms with Gasteiger partial charge in [0.2, 0.25) is 0 Å². The Morgan fingerprint density at radius 3 is 2.56 bits per heavy atom. The van der Waals surface area contributed by atoms with E-state index in [0.717, 1.165) is 29.6 Å². The average molecular weight is 443 g/mol. The maximum Gasteiger partial charge on any atom is 0.175 e. The Labute approximate surface area is 187 Å². The molecule has 5 nitrogen and oxygen atoms in total. The van der Waals surface area contributed by atoms with Gasteiger partial charge >= 0.3 is 0 Å². The van der Waals surface area contributed by atoms with E-state index in [2.05, 4.69) is 34.9 Å². The number of aldehydes is 1. The number of sulfone groups is 1. The van der Waals surface area contributed by atoms with Gasteiger partial charge in [-0.2, -0.15) is 0 Å². The first-order valence-corrected chi connectivity index (χ1v) is 12.3. The zero-order chi connectivity index (χ0) is 22.3. The molecule has 160 valence electrons. The van der Waals surface area contributed by atoms with Crippen LogP contribution in [0.1, 0.15) is 32.9 Å². The van der Waals surface area contributed by atoms with E-state index < -0.39 is 9.84 Å². The summed E-state index contributed by atoms with van der Waals surface area (Å²) in [5.41, 5.74) is 7.05. The molecule has 0 aliphatic heterocycles. The number of hydrogen-bond acceptors (Lipinski definition) is 4. The molecule has 0 unspecified atom stereocenters. The number of nitrogens with zero attached hydrogens (tertiary/aromatic N) is 2. The number of allylic oxidation sites excluding steroid dienone is 2. The quantitative estimate of drug-likeness (QED) is 0.413. The second-order valence-electron chi connectivity index (χ2n) is 8.16. The Balaban J connectivity index is 1.59. The molecule has 1 heterocycles. The number of carbonyl (C=O) groups excluding carboxylic acids is 1. The minimum Gasteiger partial charge on any atom is -0.323 e. The Kier molecular flexibility index (Phi) is 5.02. The summed E-state index contributed by atoms with van der Waals surface area (Å²) in [6, 6.07) is 21.0. The monoisotopic (exact) mass is 442 g/mol. The summed E-state index contributed by atoms with van der Waals surface area (Å²) in [6.07, 6.45) is 5.79. The molecule has 0 amide bonds. The number of rotatable bonds is 6. The Morgan fingerprint density at radius 1 is 1.03 bits per heavy atom. The number of benzene rings is 3. The van der Waals surface area contributed by atoms with E-state index >= 15 is 0 Å². The molecule has 0 N–H and O–H groups in total. The summed E-state index contributed by atoms with van der Waals surface area (Å²) in [5, 5.41) is 0. The highest BCUT2D eigenvalue weighted by molar-refractivity contribution is 7.90. The Bertz CT molecular complexity index is 1480. The summed E-state index contributed by atoms with van der Waals surface area (Å²) < 4.78 is 26.3. The Hall–Kier alpha value is -3.51. The summed E-state index contributed by atoms with van der Waals surface area (Å²) in [5.74, 6) is 0.856. The molecule has 1 aliphatic rings. The third-order valence-corrected chi connectivity index (χ3v) is 7.08. The molecule has 1 aromatic heterocycles. The van der Waals surface area contributed by atoms with Crippen molar-refractivity contribution in [1.82, 2.24) is 9.55 Å². The second kappa shape index (κ2) is 7.88. The second-order valence-corrected chi connectivity index (χ2v) is 10.2. The van der Waals surface area contributed by atoms with Crippen LogP contribution in [0, 0.1) is 0 Å². The van der Waals surface area contributed by atoms with Crippen molar-refractivity contribution in [2.45, 2.75) is 24.3 Å². The van der Waals surface area contributed by atoms with Gasteiger partial charge in [0, 0.05) is 24.8 Å². The van der Waals surface area contributed by atoms with Crippen molar-refractivity contribution in [2.24, 2.45) is 0 Å². The summed E-state index contributed by atoms with van der Waals surface area (Å²) in [7, 11) is -3.32. The van der Waals surface area contributed by atoms with Gasteiger partial charge in [-0.1, -0.05) is 54.6 Å². The molecule has 0 radical (unpaired) electrons. The lowest BCUT2D eigenvalue weighted by atomic mass is 10.1. The van der Waals surface area contributed by atoms with Crippen LogP contribution in [-0.2, 0) is 29.2 Å². The largest absolute Gasteiger partial charge is 0.323 e. The molecule has 0 atom stereocenters. The first-order chi connectivity index (χ1) is 15.4. The molecule has 0 fully saturated rings. The Morgan fingerprint density at radius 2 is 1.81 bits per heavy atom. The van der Waals surface area contributed by atoms with E-state index in [1.54, 1.807) is 24.3 Å². The molecule has 0 bridgehead atoms. The average Bonchev–Trinajstić information content (AvgIpc) is 3.35. The topological polar surface area (TPSA) is 69.0 Å². The highest BCUT2D eigenvalue weighted by atomic mass is 32.2. The third-order valence-electron chi connectivity index (χ3n) is 5.97. The molecule has 1 aliphatic carbocycles. The lowest BCUT2D eigenvalue weighted by molar-refractivity contribution is 0.112. The van der Waals surface area contributed by atoms with Gasteiger partial charge in [0.25, 0.3) is 0 Å². The van der Waals surface area contributed by atoms with E-state index in [4.69, 9.17) is 4.98 Å². The minimum absolute atomic E-state index is 0.266. The number of fused-ring (bicyclic) bond motifs is 2. The summed E-state index contributed by atoms with van der Waals surface area (Å²) in [4.78, 5) is 16.1. The van der Waals surface area contributed by atoms with Crippen LogP contribution >= 0.6 is 0 Å². The van der Waals surface area contributed by atoms with Crippen LogP contribution in [-0.4, -0.2) is 30.5 Å². The van der Waals surface area contributed by atoms with Crippen LogP contribution in [0.15, 0.2) is 77.7 Å². The van der Waals surface area contributed by atoms with Gasteiger partial charge in [0.1, 0.15) is 12.1 Å². The van der Waals surface area contributed by atoms with E-state index in [1.807, 2.05) is 18.2 Å². The molecule has 32 heavy (non-hydrogen) atoms. The van der Waals surface area contributed by atoms with Crippen molar-refractivity contribution < 1.29 is 13.2 Å². The first kappa shape index (κ1) is 20.4. The molecular weight excluding hydrogens is 420 g/mol. The number of carbonyl (C=O) groups is 1. The highest BCUT2D eigenvalue weighted by Gasteiger charge is 2.19. The van der Waals surface area contributed by atoms with Gasteiger partial charge in [0.15, 0.2) is 9.84 Å². The van der Waals surface area contributed by atoms with Crippen molar-refractivity contribution in [1.29, 1.82) is 0 Å². The number of imidazole rings is 1. The molecule has 4 aromatic rings. The lowest BCUT2D eigenvalue weighted by Crippen LogP contribution is -2.06. The fourth-order valence-electron chi connectivity index (χ4n) is 4.27. The molecular formula is C26H22N2O3S. The zero-order valence-corrected chi connectivity index (χ0v) is 18.5. The van der Waals surface area contributed by atoms with Crippen LogP contribution in [0.3, 0.4) is 0 Å². The SMILES string of the molecule is CS(=O)(=O)c1ccc2c(c1)nc(Cc1ccc(C=O)cc1)n2CC1=CCc2ccccc21. The van der Waals surface area contributed by atoms with Gasteiger partial charge in [0.05, 0.1) is 15.9 Å². The molecule has 3 aromatic carbocycles. The van der Waals surface area contributed by atoms with Gasteiger partial charge in [-0.25, -0.2) is 13.4 Å².